The zero-order valence-electron chi connectivity index (χ0n) is 10.4. The third-order valence-corrected chi connectivity index (χ3v) is 3.18. The van der Waals surface area contributed by atoms with E-state index in [0.717, 1.165) is 5.56 Å². The Hall–Kier alpha value is -1.47. The van der Waals surface area contributed by atoms with E-state index in [4.69, 9.17) is 5.11 Å². The van der Waals surface area contributed by atoms with Gasteiger partial charge in [-0.1, -0.05) is 30.3 Å². The smallest absolute Gasteiger partial charge is 0.317 e. The maximum atomic E-state index is 10.7. The van der Waals surface area contributed by atoms with Gasteiger partial charge in [-0.15, -0.1) is 0 Å². The van der Waals surface area contributed by atoms with Crippen LogP contribution in [0.5, 0.6) is 0 Å². The van der Waals surface area contributed by atoms with Gasteiger partial charge in [0.2, 0.25) is 0 Å². The van der Waals surface area contributed by atoms with Crippen LogP contribution in [0.15, 0.2) is 30.3 Å². The molecule has 0 aromatic heterocycles. The number of carbonyl (C=O) groups is 1. The Morgan fingerprint density at radius 1 is 1.32 bits per heavy atom. The number of hydrogen-bond donors (Lipinski definition) is 4. The number of aliphatic carboxylic acids is 1. The summed E-state index contributed by atoms with van der Waals surface area (Å²) in [4.78, 5) is 12.1. The lowest BCUT2D eigenvalue weighted by atomic mass is 10.0. The predicted octanol–water partition coefficient (Wildman–Crippen LogP) is -0.776. The average molecular weight is 266 g/mol. The number of carboxylic acids is 1. The van der Waals surface area contributed by atoms with E-state index in [1.54, 1.807) is 0 Å². The first-order valence-corrected chi connectivity index (χ1v) is 6.18. The van der Waals surface area contributed by atoms with Crippen molar-refractivity contribution >= 4 is 5.97 Å². The molecule has 2 rings (SSSR count). The van der Waals surface area contributed by atoms with Crippen LogP contribution in [0.2, 0.25) is 0 Å². The van der Waals surface area contributed by atoms with Crippen molar-refractivity contribution in [2.24, 2.45) is 0 Å². The first-order chi connectivity index (χ1) is 9.06. The summed E-state index contributed by atoms with van der Waals surface area (Å²) in [6, 6.07) is 9.16. The second-order valence-electron chi connectivity index (χ2n) is 4.72. The average Bonchev–Trinajstić information content (AvgIpc) is 2.35. The molecule has 19 heavy (non-hydrogen) atoms. The molecule has 1 aromatic rings. The molecular weight excluding hydrogens is 248 g/mol. The van der Waals surface area contributed by atoms with Crippen LogP contribution in [0.4, 0.5) is 0 Å². The first-order valence-electron chi connectivity index (χ1n) is 6.18. The summed E-state index contributed by atoms with van der Waals surface area (Å²) in [5.74, 6) is -1.02. The van der Waals surface area contributed by atoms with Crippen molar-refractivity contribution in [1.29, 1.82) is 0 Å². The van der Waals surface area contributed by atoms with E-state index in [-0.39, 0.29) is 13.1 Å². The summed E-state index contributed by atoms with van der Waals surface area (Å²) < 4.78 is 0. The van der Waals surface area contributed by atoms with Crippen molar-refractivity contribution < 1.29 is 20.1 Å². The van der Waals surface area contributed by atoms with Gasteiger partial charge in [0.1, 0.15) is 12.5 Å². The Morgan fingerprint density at radius 3 is 2.63 bits per heavy atom. The lowest BCUT2D eigenvalue weighted by Crippen LogP contribution is -2.63. The molecule has 0 saturated carbocycles. The lowest BCUT2D eigenvalue weighted by molar-refractivity contribution is -0.147. The van der Waals surface area contributed by atoms with E-state index < -0.39 is 24.5 Å². The van der Waals surface area contributed by atoms with Gasteiger partial charge in [-0.3, -0.25) is 15.0 Å². The molecular formula is C13H18N2O4. The van der Waals surface area contributed by atoms with Crippen LogP contribution < -0.4 is 5.32 Å². The van der Waals surface area contributed by atoms with Gasteiger partial charge in [-0.25, -0.2) is 0 Å². The Labute approximate surface area is 111 Å². The van der Waals surface area contributed by atoms with Crippen molar-refractivity contribution in [3.05, 3.63) is 35.9 Å². The molecule has 0 amide bonds. The van der Waals surface area contributed by atoms with Crippen molar-refractivity contribution in [2.45, 2.75) is 24.9 Å². The number of rotatable bonds is 4. The number of β-amino-alcohol motifs (C(OH)–C–C–N with tert-alkyl or cyclic N) is 1. The molecule has 6 heteroatoms. The number of nitrogens with zero attached hydrogens (tertiary/aromatic N) is 1. The molecule has 1 heterocycles. The molecule has 4 N–H and O–H groups in total. The van der Waals surface area contributed by atoms with Crippen LogP contribution in [-0.4, -0.2) is 57.8 Å². The minimum Gasteiger partial charge on any atom is -0.480 e. The molecule has 1 fully saturated rings. The van der Waals surface area contributed by atoms with Crippen molar-refractivity contribution in [2.75, 3.05) is 13.1 Å². The van der Waals surface area contributed by atoms with Gasteiger partial charge in [0, 0.05) is 6.54 Å². The van der Waals surface area contributed by atoms with Gasteiger partial charge >= 0.3 is 5.97 Å². The van der Waals surface area contributed by atoms with Crippen LogP contribution in [0.1, 0.15) is 5.56 Å². The van der Waals surface area contributed by atoms with Crippen LogP contribution in [0.25, 0.3) is 0 Å². The molecule has 0 spiro atoms. The number of carboxylic acid groups (broad SMARTS) is 1. The first kappa shape index (κ1) is 14.0. The minimum absolute atomic E-state index is 0.0960. The van der Waals surface area contributed by atoms with Gasteiger partial charge in [-0.2, -0.15) is 0 Å². The standard InChI is InChI=1S/C13H18N2O4/c16-11-7-15(8-12(17)18)13(19)10(14-11)6-9-4-2-1-3-5-9/h1-5,10-11,13-14,16,19H,6-8H2,(H,17,18). The summed E-state index contributed by atoms with van der Waals surface area (Å²) in [6.07, 6.45) is -1.24. The molecule has 6 nitrogen and oxygen atoms in total. The number of piperazine rings is 1. The fourth-order valence-corrected chi connectivity index (χ4v) is 2.33. The van der Waals surface area contributed by atoms with Crippen molar-refractivity contribution in [3.8, 4) is 0 Å². The number of aliphatic hydroxyl groups excluding tert-OH is 2. The number of aliphatic hydroxyl groups is 2. The van der Waals surface area contributed by atoms with Gasteiger partial charge in [0.05, 0.1) is 12.6 Å². The van der Waals surface area contributed by atoms with Gasteiger partial charge in [0.15, 0.2) is 0 Å². The summed E-state index contributed by atoms with van der Waals surface area (Å²) in [5, 5.41) is 31.5. The fourth-order valence-electron chi connectivity index (χ4n) is 2.33. The van der Waals surface area contributed by atoms with E-state index in [2.05, 4.69) is 5.32 Å². The maximum absolute atomic E-state index is 10.7. The summed E-state index contributed by atoms with van der Waals surface area (Å²) in [5.41, 5.74) is 1.02. The van der Waals surface area contributed by atoms with Gasteiger partial charge < -0.3 is 15.3 Å². The van der Waals surface area contributed by atoms with Crippen LogP contribution in [-0.2, 0) is 11.2 Å². The van der Waals surface area contributed by atoms with E-state index in [0.29, 0.717) is 6.42 Å². The van der Waals surface area contributed by atoms with Crippen molar-refractivity contribution in [1.82, 2.24) is 10.2 Å². The Morgan fingerprint density at radius 2 is 2.00 bits per heavy atom. The molecule has 3 atom stereocenters. The van der Waals surface area contributed by atoms with Crippen LogP contribution >= 0.6 is 0 Å². The predicted molar refractivity (Wildman–Crippen MR) is 68.3 cm³/mol. The Kier molecular flexibility index (Phi) is 4.49. The second-order valence-corrected chi connectivity index (χ2v) is 4.72. The summed E-state index contributed by atoms with van der Waals surface area (Å²) in [6.45, 7) is -0.191. The molecule has 0 radical (unpaired) electrons. The molecule has 0 bridgehead atoms. The van der Waals surface area contributed by atoms with E-state index in [1.807, 2.05) is 30.3 Å². The normalized spacial score (nSPS) is 28.2. The summed E-state index contributed by atoms with van der Waals surface area (Å²) >= 11 is 0. The van der Waals surface area contributed by atoms with Crippen LogP contribution in [0, 0.1) is 0 Å². The monoisotopic (exact) mass is 266 g/mol. The van der Waals surface area contributed by atoms with Crippen molar-refractivity contribution in [3.63, 3.8) is 0 Å². The Bertz CT molecular complexity index is 426. The highest BCUT2D eigenvalue weighted by molar-refractivity contribution is 5.69. The molecule has 1 aliphatic rings. The highest BCUT2D eigenvalue weighted by Gasteiger charge is 2.34. The fraction of sp³-hybridized carbons (Fsp3) is 0.462. The molecule has 1 saturated heterocycles. The molecule has 0 aliphatic carbocycles. The largest absolute Gasteiger partial charge is 0.480 e. The third-order valence-electron chi connectivity index (χ3n) is 3.18. The van der Waals surface area contributed by atoms with Gasteiger partial charge in [-0.05, 0) is 12.0 Å². The number of nitrogens with one attached hydrogen (secondary N) is 1. The van der Waals surface area contributed by atoms with E-state index in [1.165, 1.54) is 4.90 Å². The highest BCUT2D eigenvalue weighted by atomic mass is 16.4. The summed E-state index contributed by atoms with van der Waals surface area (Å²) in [7, 11) is 0. The second kappa shape index (κ2) is 6.12. The Balaban J connectivity index is 2.04. The van der Waals surface area contributed by atoms with Gasteiger partial charge in [0.25, 0.3) is 0 Å². The van der Waals surface area contributed by atoms with E-state index >= 15 is 0 Å². The minimum atomic E-state index is -1.02. The number of hydrogen-bond acceptors (Lipinski definition) is 5. The molecule has 3 unspecified atom stereocenters. The SMILES string of the molecule is O=C(O)CN1CC(O)NC(Cc2ccccc2)C1O. The van der Waals surface area contributed by atoms with Crippen LogP contribution in [0.3, 0.4) is 0 Å². The van der Waals surface area contributed by atoms with E-state index in [9.17, 15) is 15.0 Å². The maximum Gasteiger partial charge on any atom is 0.317 e. The molecule has 104 valence electrons. The number of benzene rings is 1. The third kappa shape index (κ3) is 3.74. The molecule has 1 aromatic carbocycles. The zero-order chi connectivity index (χ0) is 13.8. The zero-order valence-corrected chi connectivity index (χ0v) is 10.4. The quantitative estimate of drug-likeness (QED) is 0.571. The topological polar surface area (TPSA) is 93.0 Å². The highest BCUT2D eigenvalue weighted by Crippen LogP contribution is 2.14. The lowest BCUT2D eigenvalue weighted by Gasteiger charge is -2.40. The molecule has 1 aliphatic heterocycles.